The molecule has 0 aliphatic heterocycles. The van der Waals surface area contributed by atoms with Crippen LogP contribution in [0.25, 0.3) is 0 Å². The van der Waals surface area contributed by atoms with Crippen LogP contribution >= 0.6 is 0 Å². The topological polar surface area (TPSA) is 137 Å². The first-order valence-electron chi connectivity index (χ1n) is 8.63. The SMILES string of the molecule is O=C(Oc1cccc(/C=N\Nc2ccc([N+](=O)[O-])cc2[N+](=O)[O-])c1)c1cccc(F)c1. The van der Waals surface area contributed by atoms with Crippen LogP contribution in [0.3, 0.4) is 0 Å². The summed E-state index contributed by atoms with van der Waals surface area (Å²) < 4.78 is 18.4. The van der Waals surface area contributed by atoms with Crippen LogP contribution in [0.15, 0.2) is 71.8 Å². The molecule has 11 heteroatoms. The number of non-ortho nitro benzene ring substituents is 1. The average Bonchev–Trinajstić information content (AvgIpc) is 2.74. The Morgan fingerprint density at radius 2 is 1.77 bits per heavy atom. The van der Waals surface area contributed by atoms with Gasteiger partial charge >= 0.3 is 11.7 Å². The number of hydrazone groups is 1. The van der Waals surface area contributed by atoms with Gasteiger partial charge in [0.15, 0.2) is 0 Å². The highest BCUT2D eigenvalue weighted by molar-refractivity contribution is 5.91. The first kappa shape index (κ1) is 21.0. The third-order valence-electron chi connectivity index (χ3n) is 3.92. The number of carbonyl (C=O) groups is 1. The lowest BCUT2D eigenvalue weighted by Gasteiger charge is -2.05. The van der Waals surface area contributed by atoms with Crippen molar-refractivity contribution < 1.29 is 23.8 Å². The van der Waals surface area contributed by atoms with Crippen molar-refractivity contribution in [3.63, 3.8) is 0 Å². The second kappa shape index (κ2) is 9.22. The molecule has 3 aromatic rings. The first-order chi connectivity index (χ1) is 14.8. The van der Waals surface area contributed by atoms with Gasteiger partial charge in [-0.1, -0.05) is 18.2 Å². The van der Waals surface area contributed by atoms with Crippen LogP contribution in [-0.4, -0.2) is 22.0 Å². The van der Waals surface area contributed by atoms with Crippen molar-refractivity contribution in [2.75, 3.05) is 5.43 Å². The maximum absolute atomic E-state index is 13.2. The summed E-state index contributed by atoms with van der Waals surface area (Å²) in [5, 5.41) is 25.8. The number of nitrogens with zero attached hydrogens (tertiary/aromatic N) is 3. The summed E-state index contributed by atoms with van der Waals surface area (Å²) in [4.78, 5) is 32.5. The summed E-state index contributed by atoms with van der Waals surface area (Å²) in [7, 11) is 0. The summed E-state index contributed by atoms with van der Waals surface area (Å²) in [5.74, 6) is -1.13. The zero-order chi connectivity index (χ0) is 22.4. The number of nitro groups is 2. The molecule has 0 unspecified atom stereocenters. The molecule has 0 fully saturated rings. The van der Waals surface area contributed by atoms with E-state index >= 15 is 0 Å². The van der Waals surface area contributed by atoms with Crippen molar-refractivity contribution in [2.24, 2.45) is 5.10 Å². The van der Waals surface area contributed by atoms with E-state index in [9.17, 15) is 29.4 Å². The molecule has 0 aliphatic rings. The van der Waals surface area contributed by atoms with E-state index in [-0.39, 0.29) is 17.0 Å². The Kier molecular flexibility index (Phi) is 6.26. The molecule has 3 rings (SSSR count). The van der Waals surface area contributed by atoms with E-state index in [2.05, 4.69) is 10.5 Å². The van der Waals surface area contributed by atoms with Crippen molar-refractivity contribution in [1.29, 1.82) is 0 Å². The van der Waals surface area contributed by atoms with Gasteiger partial charge in [0.05, 0.1) is 27.7 Å². The zero-order valence-electron chi connectivity index (χ0n) is 15.6. The number of hydrogen-bond donors (Lipinski definition) is 1. The second-order valence-electron chi connectivity index (χ2n) is 6.06. The van der Waals surface area contributed by atoms with E-state index in [0.717, 1.165) is 18.2 Å². The van der Waals surface area contributed by atoms with Gasteiger partial charge in [-0.15, -0.1) is 0 Å². The third-order valence-corrected chi connectivity index (χ3v) is 3.92. The van der Waals surface area contributed by atoms with E-state index in [4.69, 9.17) is 4.74 Å². The van der Waals surface area contributed by atoms with Gasteiger partial charge in [-0.25, -0.2) is 9.18 Å². The van der Waals surface area contributed by atoms with Crippen molar-refractivity contribution >= 4 is 29.2 Å². The van der Waals surface area contributed by atoms with Gasteiger partial charge in [0.2, 0.25) is 0 Å². The molecule has 0 heterocycles. The van der Waals surface area contributed by atoms with Crippen LogP contribution in [0, 0.1) is 26.0 Å². The Balaban J connectivity index is 1.72. The van der Waals surface area contributed by atoms with E-state index in [1.807, 2.05) is 0 Å². The maximum Gasteiger partial charge on any atom is 0.343 e. The standard InChI is InChI=1S/C20H13FN4O6/c21-15-5-2-4-14(10-15)20(26)31-17-6-1-3-13(9-17)12-22-23-18-8-7-16(24(27)28)11-19(18)25(29)30/h1-12,23H/b22-12-. The predicted octanol–water partition coefficient (Wildman–Crippen LogP) is 4.31. The minimum atomic E-state index is -0.767. The molecule has 0 bridgehead atoms. The quantitative estimate of drug-likeness (QED) is 0.196. The molecule has 0 spiro atoms. The van der Waals surface area contributed by atoms with Gasteiger partial charge in [-0.3, -0.25) is 25.7 Å². The van der Waals surface area contributed by atoms with E-state index < -0.39 is 33.0 Å². The first-order valence-corrected chi connectivity index (χ1v) is 8.63. The number of rotatable bonds is 7. The number of nitro benzene ring substituents is 2. The molecular formula is C20H13FN4O6. The Bertz CT molecular complexity index is 1200. The largest absolute Gasteiger partial charge is 0.423 e. The van der Waals surface area contributed by atoms with Gasteiger partial charge in [0, 0.05) is 6.07 Å². The van der Waals surface area contributed by atoms with Crippen molar-refractivity contribution in [1.82, 2.24) is 0 Å². The van der Waals surface area contributed by atoms with Gasteiger partial charge in [0.25, 0.3) is 5.69 Å². The second-order valence-corrected chi connectivity index (χ2v) is 6.06. The lowest BCUT2D eigenvalue weighted by Crippen LogP contribution is -2.08. The number of nitrogens with one attached hydrogen (secondary N) is 1. The Hall–Kier alpha value is -4.67. The van der Waals surface area contributed by atoms with Crippen LogP contribution in [0.2, 0.25) is 0 Å². The molecule has 0 saturated heterocycles. The highest BCUT2D eigenvalue weighted by atomic mass is 19.1. The Morgan fingerprint density at radius 3 is 2.48 bits per heavy atom. The minimum Gasteiger partial charge on any atom is -0.423 e. The Labute approximate surface area is 173 Å². The predicted molar refractivity (Wildman–Crippen MR) is 109 cm³/mol. The highest BCUT2D eigenvalue weighted by Gasteiger charge is 2.19. The molecule has 0 aromatic heterocycles. The van der Waals surface area contributed by atoms with Gasteiger partial charge < -0.3 is 4.74 Å². The molecular weight excluding hydrogens is 411 g/mol. The van der Waals surface area contributed by atoms with Crippen LogP contribution < -0.4 is 10.2 Å². The van der Waals surface area contributed by atoms with E-state index in [1.165, 1.54) is 42.6 Å². The zero-order valence-corrected chi connectivity index (χ0v) is 15.6. The molecule has 0 radical (unpaired) electrons. The molecule has 156 valence electrons. The monoisotopic (exact) mass is 424 g/mol. The minimum absolute atomic E-state index is 0.0412. The number of carbonyl (C=O) groups excluding carboxylic acids is 1. The van der Waals surface area contributed by atoms with E-state index in [1.54, 1.807) is 12.1 Å². The number of hydrogen-bond acceptors (Lipinski definition) is 8. The van der Waals surface area contributed by atoms with Crippen LogP contribution in [0.4, 0.5) is 21.5 Å². The van der Waals surface area contributed by atoms with Crippen molar-refractivity contribution in [3.8, 4) is 5.75 Å². The molecule has 10 nitrogen and oxygen atoms in total. The number of esters is 1. The smallest absolute Gasteiger partial charge is 0.343 e. The van der Waals surface area contributed by atoms with Gasteiger partial charge in [-0.05, 0) is 42.0 Å². The molecule has 0 amide bonds. The third kappa shape index (κ3) is 5.44. The van der Waals surface area contributed by atoms with Crippen LogP contribution in [-0.2, 0) is 0 Å². The number of benzene rings is 3. The van der Waals surface area contributed by atoms with Crippen LogP contribution in [0.1, 0.15) is 15.9 Å². The molecule has 31 heavy (non-hydrogen) atoms. The maximum atomic E-state index is 13.2. The van der Waals surface area contributed by atoms with Crippen molar-refractivity contribution in [2.45, 2.75) is 0 Å². The fourth-order valence-electron chi connectivity index (χ4n) is 2.50. The summed E-state index contributed by atoms with van der Waals surface area (Å²) in [6.45, 7) is 0. The molecule has 3 aromatic carbocycles. The summed E-state index contributed by atoms with van der Waals surface area (Å²) in [5.41, 5.74) is 2.02. The highest BCUT2D eigenvalue weighted by Crippen LogP contribution is 2.28. The fraction of sp³-hybridized carbons (Fsp3) is 0. The summed E-state index contributed by atoms with van der Waals surface area (Å²) in [6, 6.07) is 14.4. The lowest BCUT2D eigenvalue weighted by atomic mass is 10.2. The molecule has 0 atom stereocenters. The Morgan fingerprint density at radius 1 is 1.00 bits per heavy atom. The number of halogens is 1. The summed E-state index contributed by atoms with van der Waals surface area (Å²) in [6.07, 6.45) is 1.31. The molecule has 0 saturated carbocycles. The fourth-order valence-corrected chi connectivity index (χ4v) is 2.50. The lowest BCUT2D eigenvalue weighted by molar-refractivity contribution is -0.393. The number of ether oxygens (including phenoxy) is 1. The van der Waals surface area contributed by atoms with E-state index in [0.29, 0.717) is 5.56 Å². The van der Waals surface area contributed by atoms with Gasteiger partial charge in [0.1, 0.15) is 17.3 Å². The van der Waals surface area contributed by atoms with Gasteiger partial charge in [-0.2, -0.15) is 5.10 Å². The normalized spacial score (nSPS) is 10.6. The van der Waals surface area contributed by atoms with Crippen molar-refractivity contribution in [3.05, 3.63) is 104 Å². The molecule has 0 aliphatic carbocycles. The number of anilines is 1. The summed E-state index contributed by atoms with van der Waals surface area (Å²) >= 11 is 0. The average molecular weight is 424 g/mol. The van der Waals surface area contributed by atoms with Crippen LogP contribution in [0.5, 0.6) is 5.75 Å². The molecule has 1 N–H and O–H groups in total.